The normalized spacial score (nSPS) is 11.3. The number of aryl methyl sites for hydroxylation is 2. The molecule has 0 aliphatic heterocycles. The Morgan fingerprint density at radius 3 is 2.50 bits per heavy atom. The van der Waals surface area contributed by atoms with Crippen LogP contribution in [0.15, 0.2) is 83.5 Å². The van der Waals surface area contributed by atoms with Crippen molar-refractivity contribution in [1.82, 2.24) is 15.3 Å². The summed E-state index contributed by atoms with van der Waals surface area (Å²) in [5, 5.41) is 14.4. The number of furan rings is 1. The standard InChI is InChI=1S/C30H29N3O3/c1-19(2)27-28-26(30(35)33-27)25(17-23(32-28)15-10-20-7-4-3-5-8-20)21-11-13-22(14-12-21)29(34)31-18-24-9-6-16-36-24/h3-9,11-14,16-17,19,33,35H,10,15,18H2,1-2H3,(H,31,34). The minimum atomic E-state index is -0.173. The van der Waals surface area contributed by atoms with Crippen LogP contribution in [0.1, 0.15) is 52.8 Å². The van der Waals surface area contributed by atoms with Gasteiger partial charge in [-0.05, 0) is 65.8 Å². The van der Waals surface area contributed by atoms with E-state index in [1.807, 2.05) is 36.4 Å². The van der Waals surface area contributed by atoms with Gasteiger partial charge < -0.3 is 19.8 Å². The van der Waals surface area contributed by atoms with Gasteiger partial charge >= 0.3 is 0 Å². The smallest absolute Gasteiger partial charge is 0.251 e. The van der Waals surface area contributed by atoms with Gasteiger partial charge in [-0.3, -0.25) is 9.78 Å². The maximum Gasteiger partial charge on any atom is 0.251 e. The summed E-state index contributed by atoms with van der Waals surface area (Å²) < 4.78 is 5.28. The minimum absolute atomic E-state index is 0.117. The Kier molecular flexibility index (Phi) is 6.58. The average molecular weight is 480 g/mol. The lowest BCUT2D eigenvalue weighted by Crippen LogP contribution is -2.22. The second-order valence-electron chi connectivity index (χ2n) is 9.25. The van der Waals surface area contributed by atoms with E-state index in [0.717, 1.165) is 40.9 Å². The molecule has 3 heterocycles. The summed E-state index contributed by atoms with van der Waals surface area (Å²) in [7, 11) is 0. The molecule has 1 amide bonds. The first-order valence-electron chi connectivity index (χ1n) is 12.2. The fourth-order valence-corrected chi connectivity index (χ4v) is 4.46. The SMILES string of the molecule is CC(C)c1[nH]c(O)c2c(-c3ccc(C(=O)NCc4ccco4)cc3)cc(CCc3ccccc3)nc12. The summed E-state index contributed by atoms with van der Waals surface area (Å²) in [5.41, 5.74) is 6.29. The predicted octanol–water partition coefficient (Wildman–Crippen LogP) is 6.37. The van der Waals surface area contributed by atoms with Crippen LogP contribution in [0.25, 0.3) is 22.0 Å². The highest BCUT2D eigenvalue weighted by Gasteiger charge is 2.20. The van der Waals surface area contributed by atoms with E-state index in [1.54, 1.807) is 24.5 Å². The summed E-state index contributed by atoms with van der Waals surface area (Å²) >= 11 is 0. The number of carbonyl (C=O) groups excluding carboxylic acids is 1. The number of rotatable bonds is 8. The van der Waals surface area contributed by atoms with E-state index >= 15 is 0 Å². The van der Waals surface area contributed by atoms with Gasteiger partial charge in [0.25, 0.3) is 5.91 Å². The maximum atomic E-state index is 12.6. The molecule has 0 fully saturated rings. The van der Waals surface area contributed by atoms with Gasteiger partial charge in [0.05, 0.1) is 23.7 Å². The number of nitrogens with zero attached hydrogens (tertiary/aromatic N) is 1. The van der Waals surface area contributed by atoms with Crippen LogP contribution >= 0.6 is 0 Å². The Labute approximate surface area is 210 Å². The Hall–Kier alpha value is -4.32. The number of hydrogen-bond acceptors (Lipinski definition) is 4. The summed E-state index contributed by atoms with van der Waals surface area (Å²) in [6.07, 6.45) is 3.24. The number of pyridine rings is 1. The molecule has 0 bridgehead atoms. The number of amides is 1. The fourth-order valence-electron chi connectivity index (χ4n) is 4.46. The van der Waals surface area contributed by atoms with E-state index in [9.17, 15) is 9.90 Å². The molecule has 2 aromatic carbocycles. The number of fused-ring (bicyclic) bond motifs is 1. The molecule has 0 saturated carbocycles. The van der Waals surface area contributed by atoms with Crippen LogP contribution in [0.4, 0.5) is 0 Å². The van der Waals surface area contributed by atoms with Gasteiger partial charge in [-0.1, -0.05) is 56.3 Å². The van der Waals surface area contributed by atoms with Crippen molar-refractivity contribution in [2.75, 3.05) is 0 Å². The van der Waals surface area contributed by atoms with E-state index < -0.39 is 0 Å². The largest absolute Gasteiger partial charge is 0.494 e. The summed E-state index contributed by atoms with van der Waals surface area (Å²) in [6.45, 7) is 4.50. The molecule has 3 N–H and O–H groups in total. The first-order valence-corrected chi connectivity index (χ1v) is 12.2. The number of aromatic hydroxyl groups is 1. The number of aromatic nitrogens is 2. The molecular weight excluding hydrogens is 450 g/mol. The van der Waals surface area contributed by atoms with Gasteiger partial charge in [-0.15, -0.1) is 0 Å². The third-order valence-electron chi connectivity index (χ3n) is 6.37. The molecule has 36 heavy (non-hydrogen) atoms. The molecular formula is C30H29N3O3. The van der Waals surface area contributed by atoms with Gasteiger partial charge in [0.2, 0.25) is 0 Å². The third kappa shape index (κ3) is 4.89. The summed E-state index contributed by atoms with van der Waals surface area (Å²) in [4.78, 5) is 20.7. The van der Waals surface area contributed by atoms with Crippen LogP contribution in [0, 0.1) is 0 Å². The molecule has 0 unspecified atom stereocenters. The van der Waals surface area contributed by atoms with E-state index in [1.165, 1.54) is 5.56 Å². The van der Waals surface area contributed by atoms with Gasteiger partial charge in [0.15, 0.2) is 5.88 Å². The van der Waals surface area contributed by atoms with Crippen LogP contribution in [-0.2, 0) is 19.4 Å². The van der Waals surface area contributed by atoms with Crippen molar-refractivity contribution in [1.29, 1.82) is 0 Å². The minimum Gasteiger partial charge on any atom is -0.494 e. The first-order chi connectivity index (χ1) is 17.5. The van der Waals surface area contributed by atoms with Crippen LogP contribution in [-0.4, -0.2) is 21.0 Å². The van der Waals surface area contributed by atoms with Crippen molar-refractivity contribution in [2.24, 2.45) is 0 Å². The van der Waals surface area contributed by atoms with E-state index in [4.69, 9.17) is 9.40 Å². The second-order valence-corrected chi connectivity index (χ2v) is 9.25. The topological polar surface area (TPSA) is 91.1 Å². The second kappa shape index (κ2) is 10.1. The van der Waals surface area contributed by atoms with E-state index in [2.05, 4.69) is 42.3 Å². The number of benzene rings is 2. The molecule has 6 nitrogen and oxygen atoms in total. The van der Waals surface area contributed by atoms with Crippen molar-refractivity contribution < 1.29 is 14.3 Å². The molecule has 182 valence electrons. The van der Waals surface area contributed by atoms with Crippen molar-refractivity contribution >= 4 is 16.8 Å². The Morgan fingerprint density at radius 1 is 1.03 bits per heavy atom. The number of H-pyrrole nitrogens is 1. The molecule has 0 aliphatic carbocycles. The molecule has 5 aromatic rings. The first kappa shape index (κ1) is 23.4. The highest BCUT2D eigenvalue weighted by Crippen LogP contribution is 2.38. The van der Waals surface area contributed by atoms with E-state index in [-0.39, 0.29) is 17.7 Å². The van der Waals surface area contributed by atoms with Crippen molar-refractivity contribution in [2.45, 2.75) is 39.2 Å². The Bertz CT molecular complexity index is 1470. The fraction of sp³-hybridized carbons (Fsp3) is 0.200. The zero-order chi connectivity index (χ0) is 25.1. The van der Waals surface area contributed by atoms with E-state index in [0.29, 0.717) is 23.3 Å². The lowest BCUT2D eigenvalue weighted by atomic mass is 9.97. The molecule has 0 radical (unpaired) electrons. The zero-order valence-corrected chi connectivity index (χ0v) is 20.4. The molecule has 6 heteroatoms. The highest BCUT2D eigenvalue weighted by molar-refractivity contribution is 6.01. The number of carbonyl (C=O) groups is 1. The van der Waals surface area contributed by atoms with Gasteiger partial charge in [0, 0.05) is 17.0 Å². The molecule has 0 saturated heterocycles. The average Bonchev–Trinajstić information content (AvgIpc) is 3.54. The molecule has 0 spiro atoms. The lowest BCUT2D eigenvalue weighted by molar-refractivity contribution is 0.0948. The summed E-state index contributed by atoms with van der Waals surface area (Å²) in [6, 6.07) is 23.5. The molecule has 0 aliphatic rings. The van der Waals surface area contributed by atoms with Crippen LogP contribution in [0.3, 0.4) is 0 Å². The Balaban J connectivity index is 1.47. The van der Waals surface area contributed by atoms with Gasteiger partial charge in [-0.25, -0.2) is 0 Å². The highest BCUT2D eigenvalue weighted by atomic mass is 16.3. The third-order valence-corrected chi connectivity index (χ3v) is 6.37. The van der Waals surface area contributed by atoms with Crippen molar-refractivity contribution in [3.8, 4) is 17.0 Å². The van der Waals surface area contributed by atoms with Crippen LogP contribution in [0.2, 0.25) is 0 Å². The molecule has 5 rings (SSSR count). The van der Waals surface area contributed by atoms with Gasteiger partial charge in [-0.2, -0.15) is 0 Å². The maximum absolute atomic E-state index is 12.6. The van der Waals surface area contributed by atoms with Crippen LogP contribution in [0.5, 0.6) is 5.88 Å². The predicted molar refractivity (Wildman–Crippen MR) is 141 cm³/mol. The molecule has 3 aromatic heterocycles. The lowest BCUT2D eigenvalue weighted by Gasteiger charge is -2.11. The number of aromatic amines is 1. The van der Waals surface area contributed by atoms with Crippen molar-refractivity contribution in [3.63, 3.8) is 0 Å². The van der Waals surface area contributed by atoms with Crippen LogP contribution < -0.4 is 5.32 Å². The number of nitrogens with one attached hydrogen (secondary N) is 2. The van der Waals surface area contributed by atoms with Crippen molar-refractivity contribution in [3.05, 3.63) is 107 Å². The molecule has 0 atom stereocenters. The number of hydrogen-bond donors (Lipinski definition) is 3. The summed E-state index contributed by atoms with van der Waals surface area (Å²) in [5.74, 6) is 0.823. The quantitative estimate of drug-likeness (QED) is 0.241. The zero-order valence-electron chi connectivity index (χ0n) is 20.4. The van der Waals surface area contributed by atoms with Gasteiger partial charge in [0.1, 0.15) is 5.76 Å². The monoisotopic (exact) mass is 479 g/mol. The Morgan fingerprint density at radius 2 is 1.81 bits per heavy atom.